The predicted octanol–water partition coefficient (Wildman–Crippen LogP) is 8.23. The molecule has 4 aromatic carbocycles. The normalized spacial score (nSPS) is 12.9. The summed E-state index contributed by atoms with van der Waals surface area (Å²) in [5.41, 5.74) is 3.76. The van der Waals surface area contributed by atoms with Crippen molar-refractivity contribution in [3.63, 3.8) is 0 Å². The largest absolute Gasteiger partial charge is 0.507 e. The van der Waals surface area contributed by atoms with E-state index in [1.165, 1.54) is 0 Å². The third-order valence-corrected chi connectivity index (χ3v) is 8.52. The van der Waals surface area contributed by atoms with Gasteiger partial charge in [-0.15, -0.1) is 0 Å². The van der Waals surface area contributed by atoms with Gasteiger partial charge in [-0.25, -0.2) is 14.4 Å². The summed E-state index contributed by atoms with van der Waals surface area (Å²) in [7, 11) is 0. The Bertz CT molecular complexity index is 1940. The van der Waals surface area contributed by atoms with Crippen molar-refractivity contribution in [2.24, 2.45) is 0 Å². The van der Waals surface area contributed by atoms with Crippen molar-refractivity contribution in [2.45, 2.75) is 105 Å². The molecule has 0 heterocycles. The van der Waals surface area contributed by atoms with Gasteiger partial charge in [0.1, 0.15) is 39.8 Å². The standard InChI is InChI=1S/C46H54O10/c1-44(2,3)54-37(47)26-51-41-31-16-11-18-33(41)24-35-20-13-21-36(43(35)53-28-39(49)56-46(7,8)9)25-34-19-12-17-32(23-30-15-10-14-29(22-31)40(30)50)42(34)52-27-38(48)55-45(4,5)6/h10-21,50H,22-28H2,1-9H3. The predicted molar refractivity (Wildman–Crippen MR) is 213 cm³/mol. The maximum atomic E-state index is 13.0. The molecule has 0 saturated carbocycles. The fraction of sp³-hybridized carbons (Fsp3) is 0.413. The quantitative estimate of drug-likeness (QED) is 0.116. The second kappa shape index (κ2) is 17.1. The molecule has 8 bridgehead atoms. The Hall–Kier alpha value is -5.51. The number of carbonyl (C=O) groups excluding carboxylic acids is 3. The molecule has 0 aliphatic heterocycles. The Morgan fingerprint density at radius 3 is 0.875 bits per heavy atom. The number of phenols is 1. The molecular formula is C46H54O10. The molecule has 10 nitrogen and oxygen atoms in total. The van der Waals surface area contributed by atoms with Gasteiger partial charge in [0.05, 0.1) is 0 Å². The zero-order valence-electron chi connectivity index (χ0n) is 34.0. The van der Waals surface area contributed by atoms with Crippen LogP contribution in [0, 0.1) is 0 Å². The Balaban J connectivity index is 1.66. The number of aromatic hydroxyl groups is 1. The lowest BCUT2D eigenvalue weighted by atomic mass is 9.91. The Labute approximate surface area is 330 Å². The van der Waals surface area contributed by atoms with E-state index >= 15 is 0 Å². The van der Waals surface area contributed by atoms with Gasteiger partial charge in [-0.1, -0.05) is 72.8 Å². The first-order chi connectivity index (χ1) is 26.2. The lowest BCUT2D eigenvalue weighted by Gasteiger charge is -2.23. The molecule has 1 aliphatic carbocycles. The summed E-state index contributed by atoms with van der Waals surface area (Å²) in [6.45, 7) is 15.2. The maximum Gasteiger partial charge on any atom is 0.344 e. The van der Waals surface area contributed by atoms with Crippen LogP contribution in [-0.2, 0) is 54.3 Å². The van der Waals surface area contributed by atoms with Gasteiger partial charge in [-0.2, -0.15) is 0 Å². The maximum absolute atomic E-state index is 13.0. The number of para-hydroxylation sites is 4. The summed E-state index contributed by atoms with van der Waals surface area (Å²) in [4.78, 5) is 38.8. The summed E-state index contributed by atoms with van der Waals surface area (Å²) < 4.78 is 35.7. The molecule has 0 unspecified atom stereocenters. The molecule has 10 heteroatoms. The van der Waals surface area contributed by atoms with E-state index in [1.54, 1.807) is 62.3 Å². The number of hydrogen-bond donors (Lipinski definition) is 1. The first-order valence-corrected chi connectivity index (χ1v) is 18.9. The van der Waals surface area contributed by atoms with Crippen LogP contribution in [0.1, 0.15) is 107 Å². The molecule has 0 saturated heterocycles. The SMILES string of the molecule is CC(C)(C)OC(=O)COc1c2cccc1Cc1cccc(c1OCC(=O)OC(C)(C)C)Cc1cccc(c1OCC(=O)OC(C)(C)C)Cc1cccc(c1O)C2. The highest BCUT2D eigenvalue weighted by molar-refractivity contribution is 5.73. The highest BCUT2D eigenvalue weighted by Gasteiger charge is 2.25. The minimum atomic E-state index is -0.706. The van der Waals surface area contributed by atoms with Crippen LogP contribution in [0.3, 0.4) is 0 Å². The Kier molecular flexibility index (Phi) is 12.7. The third-order valence-electron chi connectivity index (χ3n) is 8.52. The fourth-order valence-corrected chi connectivity index (χ4v) is 6.56. The smallest absolute Gasteiger partial charge is 0.344 e. The van der Waals surface area contributed by atoms with Crippen LogP contribution in [0.25, 0.3) is 0 Å². The molecule has 298 valence electrons. The molecule has 0 spiro atoms. The molecule has 0 aromatic heterocycles. The number of esters is 3. The van der Waals surface area contributed by atoms with Crippen molar-refractivity contribution in [2.75, 3.05) is 19.8 Å². The zero-order valence-corrected chi connectivity index (χ0v) is 34.0. The van der Waals surface area contributed by atoms with Gasteiger partial charge in [-0.05, 0) is 107 Å². The summed E-state index contributed by atoms with van der Waals surface area (Å²) >= 11 is 0. The summed E-state index contributed by atoms with van der Waals surface area (Å²) in [5.74, 6) is 0.0329. The summed E-state index contributed by atoms with van der Waals surface area (Å²) in [6.07, 6.45) is 1.20. The number of rotatable bonds is 9. The zero-order chi connectivity index (χ0) is 40.8. The van der Waals surface area contributed by atoms with Crippen LogP contribution in [0.5, 0.6) is 23.0 Å². The average molecular weight is 767 g/mol. The van der Waals surface area contributed by atoms with Crippen molar-refractivity contribution in [3.8, 4) is 23.0 Å². The number of benzene rings is 4. The molecule has 0 fully saturated rings. The first-order valence-electron chi connectivity index (χ1n) is 18.9. The van der Waals surface area contributed by atoms with Crippen molar-refractivity contribution < 1.29 is 47.9 Å². The number of phenolic OH excluding ortho intramolecular Hbond substituents is 1. The average Bonchev–Trinajstić information content (AvgIpc) is 3.06. The Morgan fingerprint density at radius 1 is 0.429 bits per heavy atom. The molecule has 0 atom stereocenters. The van der Waals surface area contributed by atoms with Crippen molar-refractivity contribution in [3.05, 3.63) is 117 Å². The van der Waals surface area contributed by atoms with E-state index in [1.807, 2.05) is 72.8 Å². The highest BCUT2D eigenvalue weighted by Crippen LogP contribution is 2.38. The lowest BCUT2D eigenvalue weighted by molar-refractivity contribution is -0.158. The molecule has 4 aromatic rings. The molecule has 56 heavy (non-hydrogen) atoms. The number of fused-ring (bicyclic) bond motifs is 8. The van der Waals surface area contributed by atoms with E-state index in [4.69, 9.17) is 28.4 Å². The minimum absolute atomic E-state index is 0.120. The lowest BCUT2D eigenvalue weighted by Crippen LogP contribution is -2.28. The summed E-state index contributed by atoms with van der Waals surface area (Å²) in [5, 5.41) is 11.7. The van der Waals surface area contributed by atoms with E-state index in [0.717, 1.165) is 33.4 Å². The van der Waals surface area contributed by atoms with E-state index < -0.39 is 34.7 Å². The van der Waals surface area contributed by atoms with Gasteiger partial charge in [0, 0.05) is 25.7 Å². The van der Waals surface area contributed by atoms with E-state index in [0.29, 0.717) is 54.1 Å². The van der Waals surface area contributed by atoms with Gasteiger partial charge >= 0.3 is 17.9 Å². The van der Waals surface area contributed by atoms with Crippen LogP contribution < -0.4 is 14.2 Å². The van der Waals surface area contributed by atoms with Crippen LogP contribution in [0.15, 0.2) is 72.8 Å². The molecule has 1 aliphatic rings. The van der Waals surface area contributed by atoms with E-state index in [9.17, 15) is 19.5 Å². The second-order valence-corrected chi connectivity index (χ2v) is 17.0. The van der Waals surface area contributed by atoms with Crippen LogP contribution >= 0.6 is 0 Å². The second-order valence-electron chi connectivity index (χ2n) is 17.0. The molecular weight excluding hydrogens is 712 g/mol. The van der Waals surface area contributed by atoms with Gasteiger partial charge < -0.3 is 33.5 Å². The van der Waals surface area contributed by atoms with Crippen LogP contribution in [-0.4, -0.2) is 59.6 Å². The molecule has 1 N–H and O–H groups in total. The van der Waals surface area contributed by atoms with Crippen molar-refractivity contribution in [1.29, 1.82) is 0 Å². The topological polar surface area (TPSA) is 127 Å². The van der Waals surface area contributed by atoms with Crippen molar-refractivity contribution in [1.82, 2.24) is 0 Å². The van der Waals surface area contributed by atoms with Gasteiger partial charge in [0.2, 0.25) is 0 Å². The number of ether oxygens (including phenoxy) is 6. The van der Waals surface area contributed by atoms with E-state index in [-0.39, 0.29) is 25.6 Å². The van der Waals surface area contributed by atoms with Crippen LogP contribution in [0.2, 0.25) is 0 Å². The highest BCUT2D eigenvalue weighted by atomic mass is 16.6. The fourth-order valence-electron chi connectivity index (χ4n) is 6.56. The molecule has 0 amide bonds. The van der Waals surface area contributed by atoms with E-state index in [2.05, 4.69) is 0 Å². The monoisotopic (exact) mass is 766 g/mol. The van der Waals surface area contributed by atoms with Crippen LogP contribution in [0.4, 0.5) is 0 Å². The summed E-state index contributed by atoms with van der Waals surface area (Å²) in [6, 6.07) is 22.9. The minimum Gasteiger partial charge on any atom is -0.507 e. The first kappa shape index (κ1) is 41.6. The van der Waals surface area contributed by atoms with Gasteiger partial charge in [0.15, 0.2) is 19.8 Å². The molecule has 0 radical (unpaired) electrons. The van der Waals surface area contributed by atoms with Gasteiger partial charge in [0.25, 0.3) is 0 Å². The molecule has 5 rings (SSSR count). The van der Waals surface area contributed by atoms with Crippen molar-refractivity contribution >= 4 is 17.9 Å². The number of hydrogen-bond acceptors (Lipinski definition) is 10. The number of carbonyl (C=O) groups is 3. The van der Waals surface area contributed by atoms with Gasteiger partial charge in [-0.3, -0.25) is 0 Å². The third kappa shape index (κ3) is 11.7. The Morgan fingerprint density at radius 2 is 0.643 bits per heavy atom.